The number of nitrogens with two attached hydrogens (primary N) is 1. The standard InChI is InChI=1S/C9H10N2O5/c1-15-5-16-8-3-2-6(9(10)12)4-7(8)11(13)14/h2-4H,5H2,1H3,(H2,10,12). The SMILES string of the molecule is COCOc1ccc(C(N)=O)cc1[N+](=O)[O-]. The van der Waals surface area contributed by atoms with E-state index >= 15 is 0 Å². The van der Waals surface area contributed by atoms with E-state index in [2.05, 4.69) is 4.74 Å². The van der Waals surface area contributed by atoms with Gasteiger partial charge in [0, 0.05) is 18.7 Å². The van der Waals surface area contributed by atoms with Gasteiger partial charge in [0.05, 0.1) is 4.92 Å². The molecule has 0 saturated carbocycles. The highest BCUT2D eigenvalue weighted by molar-refractivity contribution is 5.93. The Balaban J connectivity index is 3.09. The molecule has 0 aromatic heterocycles. The van der Waals surface area contributed by atoms with Gasteiger partial charge in [-0.3, -0.25) is 14.9 Å². The summed E-state index contributed by atoms with van der Waals surface area (Å²) < 4.78 is 9.59. The first-order chi connectivity index (χ1) is 7.56. The topological polar surface area (TPSA) is 105 Å². The fourth-order valence-corrected chi connectivity index (χ4v) is 1.06. The van der Waals surface area contributed by atoms with Gasteiger partial charge in [-0.05, 0) is 12.1 Å². The van der Waals surface area contributed by atoms with Crippen molar-refractivity contribution in [3.8, 4) is 5.75 Å². The van der Waals surface area contributed by atoms with Crippen molar-refractivity contribution >= 4 is 11.6 Å². The zero-order valence-corrected chi connectivity index (χ0v) is 8.50. The fraction of sp³-hybridized carbons (Fsp3) is 0.222. The molecule has 0 fully saturated rings. The average molecular weight is 226 g/mol. The summed E-state index contributed by atoms with van der Waals surface area (Å²) in [7, 11) is 1.39. The normalized spacial score (nSPS) is 9.81. The zero-order valence-electron chi connectivity index (χ0n) is 8.50. The van der Waals surface area contributed by atoms with Crippen molar-refractivity contribution in [2.24, 2.45) is 5.73 Å². The number of rotatable bonds is 5. The van der Waals surface area contributed by atoms with Crippen LogP contribution in [-0.2, 0) is 4.74 Å². The predicted octanol–water partition coefficient (Wildman–Crippen LogP) is 0.676. The maximum absolute atomic E-state index is 10.8. The van der Waals surface area contributed by atoms with Crippen molar-refractivity contribution < 1.29 is 19.2 Å². The lowest BCUT2D eigenvalue weighted by Crippen LogP contribution is -2.11. The number of carbonyl (C=O) groups excluding carboxylic acids is 1. The monoisotopic (exact) mass is 226 g/mol. The Morgan fingerprint density at radius 1 is 1.56 bits per heavy atom. The molecule has 0 saturated heterocycles. The number of primary amides is 1. The van der Waals surface area contributed by atoms with E-state index < -0.39 is 10.8 Å². The van der Waals surface area contributed by atoms with Crippen molar-refractivity contribution in [1.82, 2.24) is 0 Å². The van der Waals surface area contributed by atoms with Gasteiger partial charge in [0.25, 0.3) is 0 Å². The summed E-state index contributed by atoms with van der Waals surface area (Å²) in [5.41, 5.74) is 4.73. The van der Waals surface area contributed by atoms with Crippen molar-refractivity contribution in [2.75, 3.05) is 13.9 Å². The molecule has 2 N–H and O–H groups in total. The Morgan fingerprint density at radius 2 is 2.25 bits per heavy atom. The van der Waals surface area contributed by atoms with Crippen LogP contribution < -0.4 is 10.5 Å². The maximum atomic E-state index is 10.8. The molecule has 0 aliphatic carbocycles. The van der Waals surface area contributed by atoms with Crippen LogP contribution in [0, 0.1) is 10.1 Å². The van der Waals surface area contributed by atoms with Gasteiger partial charge in [0.2, 0.25) is 5.91 Å². The highest BCUT2D eigenvalue weighted by atomic mass is 16.7. The van der Waals surface area contributed by atoms with E-state index in [-0.39, 0.29) is 23.8 Å². The maximum Gasteiger partial charge on any atom is 0.311 e. The molecule has 1 rings (SSSR count). The van der Waals surface area contributed by atoms with Crippen LogP contribution in [0.1, 0.15) is 10.4 Å². The van der Waals surface area contributed by atoms with Crippen molar-refractivity contribution in [3.63, 3.8) is 0 Å². The van der Waals surface area contributed by atoms with Crippen LogP contribution in [0.3, 0.4) is 0 Å². The highest BCUT2D eigenvalue weighted by Gasteiger charge is 2.17. The van der Waals surface area contributed by atoms with Gasteiger partial charge >= 0.3 is 5.69 Å². The van der Waals surface area contributed by atoms with Crippen LogP contribution in [0.25, 0.3) is 0 Å². The van der Waals surface area contributed by atoms with Crippen LogP contribution in [-0.4, -0.2) is 24.7 Å². The molecule has 0 bridgehead atoms. The minimum atomic E-state index is -0.735. The number of hydrogen-bond acceptors (Lipinski definition) is 5. The highest BCUT2D eigenvalue weighted by Crippen LogP contribution is 2.27. The van der Waals surface area contributed by atoms with Crippen LogP contribution in [0.5, 0.6) is 5.75 Å². The zero-order chi connectivity index (χ0) is 12.1. The second-order valence-electron chi connectivity index (χ2n) is 2.85. The van der Waals surface area contributed by atoms with Crippen LogP contribution in [0.4, 0.5) is 5.69 Å². The third-order valence-electron chi connectivity index (χ3n) is 1.77. The summed E-state index contributed by atoms with van der Waals surface area (Å²) >= 11 is 0. The molecule has 1 aromatic carbocycles. The lowest BCUT2D eigenvalue weighted by molar-refractivity contribution is -0.386. The second kappa shape index (κ2) is 5.08. The Labute approximate surface area is 90.9 Å². The number of nitro groups is 1. The second-order valence-corrected chi connectivity index (χ2v) is 2.85. The van der Waals surface area contributed by atoms with Gasteiger partial charge in [0.15, 0.2) is 12.5 Å². The van der Waals surface area contributed by atoms with E-state index in [1.807, 2.05) is 0 Å². The molecule has 16 heavy (non-hydrogen) atoms. The molecule has 1 aromatic rings. The smallest absolute Gasteiger partial charge is 0.311 e. The van der Waals surface area contributed by atoms with Gasteiger partial charge in [0.1, 0.15) is 0 Å². The van der Waals surface area contributed by atoms with E-state index in [1.165, 1.54) is 19.2 Å². The van der Waals surface area contributed by atoms with Crippen LogP contribution >= 0.6 is 0 Å². The van der Waals surface area contributed by atoms with Gasteiger partial charge in [-0.15, -0.1) is 0 Å². The summed E-state index contributed by atoms with van der Waals surface area (Å²) in [5.74, 6) is -0.710. The van der Waals surface area contributed by atoms with Gasteiger partial charge in [-0.25, -0.2) is 0 Å². The Bertz CT molecular complexity index is 418. The van der Waals surface area contributed by atoms with Crippen molar-refractivity contribution in [3.05, 3.63) is 33.9 Å². The van der Waals surface area contributed by atoms with E-state index in [1.54, 1.807) is 0 Å². The molecule has 0 aliphatic heterocycles. The number of methoxy groups -OCH3 is 1. The van der Waals surface area contributed by atoms with E-state index in [9.17, 15) is 14.9 Å². The minimum Gasteiger partial charge on any atom is -0.460 e. The molecular formula is C9H10N2O5. The van der Waals surface area contributed by atoms with Crippen molar-refractivity contribution in [2.45, 2.75) is 0 Å². The lowest BCUT2D eigenvalue weighted by Gasteiger charge is -2.05. The third-order valence-corrected chi connectivity index (χ3v) is 1.77. The summed E-state index contributed by atoms with van der Waals surface area (Å²) in [4.78, 5) is 20.9. The molecule has 7 nitrogen and oxygen atoms in total. The molecule has 0 unspecified atom stereocenters. The number of nitrogens with zero attached hydrogens (tertiary/aromatic N) is 1. The molecule has 0 heterocycles. The molecule has 86 valence electrons. The first-order valence-electron chi connectivity index (χ1n) is 4.26. The Hall–Kier alpha value is -2.15. The molecule has 0 aliphatic rings. The lowest BCUT2D eigenvalue weighted by atomic mass is 10.2. The largest absolute Gasteiger partial charge is 0.460 e. The number of ether oxygens (including phenoxy) is 2. The average Bonchev–Trinajstić information content (AvgIpc) is 2.25. The summed E-state index contributed by atoms with van der Waals surface area (Å²) in [6, 6.07) is 3.71. The number of hydrogen-bond donors (Lipinski definition) is 1. The fourth-order valence-electron chi connectivity index (χ4n) is 1.06. The van der Waals surface area contributed by atoms with E-state index in [0.717, 1.165) is 6.07 Å². The first-order valence-corrected chi connectivity index (χ1v) is 4.26. The van der Waals surface area contributed by atoms with E-state index in [4.69, 9.17) is 10.5 Å². The molecule has 0 radical (unpaired) electrons. The number of amides is 1. The van der Waals surface area contributed by atoms with Crippen LogP contribution in [0.15, 0.2) is 18.2 Å². The molecule has 7 heteroatoms. The summed E-state index contributed by atoms with van der Waals surface area (Å²) in [5, 5.41) is 10.7. The molecular weight excluding hydrogens is 216 g/mol. The van der Waals surface area contributed by atoms with Gasteiger partial charge < -0.3 is 15.2 Å². The first kappa shape index (κ1) is 11.9. The molecule has 0 spiro atoms. The quantitative estimate of drug-likeness (QED) is 0.451. The minimum absolute atomic E-state index is 0.0249. The number of nitro benzene ring substituents is 1. The van der Waals surface area contributed by atoms with Crippen molar-refractivity contribution in [1.29, 1.82) is 0 Å². The molecule has 0 atom stereocenters. The Kier molecular flexibility index (Phi) is 3.78. The van der Waals surface area contributed by atoms with E-state index in [0.29, 0.717) is 0 Å². The third kappa shape index (κ3) is 2.67. The Morgan fingerprint density at radius 3 is 2.75 bits per heavy atom. The number of carbonyl (C=O) groups is 1. The number of benzene rings is 1. The van der Waals surface area contributed by atoms with Gasteiger partial charge in [-0.1, -0.05) is 0 Å². The summed E-state index contributed by atoms with van der Waals surface area (Å²) in [6.07, 6.45) is 0. The van der Waals surface area contributed by atoms with Crippen LogP contribution in [0.2, 0.25) is 0 Å². The van der Waals surface area contributed by atoms with Gasteiger partial charge in [-0.2, -0.15) is 0 Å². The molecule has 1 amide bonds. The predicted molar refractivity (Wildman–Crippen MR) is 54.1 cm³/mol. The summed E-state index contributed by atoms with van der Waals surface area (Å²) in [6.45, 7) is -0.114.